The molecule has 122 valence electrons. The van der Waals surface area contributed by atoms with Gasteiger partial charge < -0.3 is 16.2 Å². The minimum atomic E-state index is 0.593. The maximum Gasteiger partial charge on any atom is 0.154 e. The highest BCUT2D eigenvalue weighted by Gasteiger charge is 2.16. The van der Waals surface area contributed by atoms with Crippen LogP contribution in [0.2, 0.25) is 0 Å². The molecule has 4 N–H and O–H groups in total. The molecule has 24 heavy (non-hydrogen) atoms. The summed E-state index contributed by atoms with van der Waals surface area (Å²) in [6, 6.07) is 17.8. The van der Waals surface area contributed by atoms with E-state index in [-0.39, 0.29) is 0 Å². The van der Waals surface area contributed by atoms with E-state index in [0.29, 0.717) is 22.9 Å². The largest absolute Gasteiger partial charge is 0.453 e. The van der Waals surface area contributed by atoms with Gasteiger partial charge in [0.2, 0.25) is 0 Å². The molecule has 3 aromatic carbocycles. The van der Waals surface area contributed by atoms with E-state index in [1.165, 1.54) is 5.56 Å². The van der Waals surface area contributed by atoms with Crippen molar-refractivity contribution < 1.29 is 4.74 Å². The van der Waals surface area contributed by atoms with E-state index >= 15 is 0 Å². The minimum absolute atomic E-state index is 0.593. The number of anilines is 2. The molecule has 0 aliphatic rings. The summed E-state index contributed by atoms with van der Waals surface area (Å²) in [6.07, 6.45) is 0. The predicted octanol–water partition coefficient (Wildman–Crippen LogP) is 5.24. The number of ether oxygens (including phenoxy) is 1. The second-order valence-electron chi connectivity index (χ2n) is 6.06. The van der Waals surface area contributed by atoms with Crippen molar-refractivity contribution >= 4 is 11.4 Å². The van der Waals surface area contributed by atoms with Gasteiger partial charge in [0.05, 0.1) is 11.4 Å². The summed E-state index contributed by atoms with van der Waals surface area (Å²) in [6.45, 7) is 6.17. The zero-order valence-corrected chi connectivity index (χ0v) is 14.3. The predicted molar refractivity (Wildman–Crippen MR) is 101 cm³/mol. The number of rotatable bonds is 3. The summed E-state index contributed by atoms with van der Waals surface area (Å²) in [5, 5.41) is 0. The normalized spacial score (nSPS) is 10.6. The van der Waals surface area contributed by atoms with Gasteiger partial charge in [0, 0.05) is 5.56 Å². The monoisotopic (exact) mass is 318 g/mol. The van der Waals surface area contributed by atoms with Crippen LogP contribution in [0.4, 0.5) is 11.4 Å². The van der Waals surface area contributed by atoms with Crippen molar-refractivity contribution in [3.05, 3.63) is 71.3 Å². The number of hydrogen-bond acceptors (Lipinski definition) is 3. The molecule has 3 nitrogen and oxygen atoms in total. The molecule has 3 aromatic rings. The Bertz CT molecular complexity index is 900. The van der Waals surface area contributed by atoms with Crippen LogP contribution in [0.15, 0.2) is 54.6 Å². The Hall–Kier alpha value is -2.94. The number of nitrogen functional groups attached to an aromatic ring is 2. The Morgan fingerprint density at radius 2 is 1.42 bits per heavy atom. The molecule has 0 aliphatic carbocycles. The Labute approximate surface area is 142 Å². The highest BCUT2D eigenvalue weighted by atomic mass is 16.5. The molecule has 0 aromatic heterocycles. The quantitative estimate of drug-likeness (QED) is 0.649. The van der Waals surface area contributed by atoms with Crippen molar-refractivity contribution in [2.45, 2.75) is 20.8 Å². The van der Waals surface area contributed by atoms with Crippen LogP contribution in [-0.4, -0.2) is 0 Å². The number of para-hydroxylation sites is 2. The molecule has 0 fully saturated rings. The van der Waals surface area contributed by atoms with Gasteiger partial charge in [-0.15, -0.1) is 0 Å². The lowest BCUT2D eigenvalue weighted by Gasteiger charge is -2.19. The summed E-state index contributed by atoms with van der Waals surface area (Å²) in [5.41, 5.74) is 19.2. The Morgan fingerprint density at radius 1 is 0.750 bits per heavy atom. The third-order valence-corrected chi connectivity index (χ3v) is 4.39. The van der Waals surface area contributed by atoms with Gasteiger partial charge in [-0.05, 0) is 61.2 Å². The molecule has 0 aliphatic heterocycles. The molecule has 3 rings (SSSR count). The number of benzene rings is 3. The number of hydrogen-bond donors (Lipinski definition) is 2. The van der Waals surface area contributed by atoms with Crippen LogP contribution in [0, 0.1) is 20.8 Å². The summed E-state index contributed by atoms with van der Waals surface area (Å²) in [4.78, 5) is 0. The van der Waals surface area contributed by atoms with E-state index in [9.17, 15) is 0 Å². The van der Waals surface area contributed by atoms with Crippen molar-refractivity contribution in [2.24, 2.45) is 0 Å². The van der Waals surface area contributed by atoms with Crippen molar-refractivity contribution in [1.82, 2.24) is 0 Å². The molecular weight excluding hydrogens is 296 g/mol. The van der Waals surface area contributed by atoms with Crippen LogP contribution in [0.5, 0.6) is 11.5 Å². The molecule has 0 radical (unpaired) electrons. The van der Waals surface area contributed by atoms with E-state index in [1.54, 1.807) is 0 Å². The molecule has 3 heteroatoms. The summed E-state index contributed by atoms with van der Waals surface area (Å²) < 4.78 is 6.10. The van der Waals surface area contributed by atoms with Crippen LogP contribution < -0.4 is 16.2 Å². The van der Waals surface area contributed by atoms with Gasteiger partial charge in [0.1, 0.15) is 5.75 Å². The van der Waals surface area contributed by atoms with Gasteiger partial charge >= 0.3 is 0 Å². The van der Waals surface area contributed by atoms with E-state index in [1.807, 2.05) is 43.3 Å². The van der Waals surface area contributed by atoms with Crippen molar-refractivity contribution in [3.8, 4) is 22.6 Å². The topological polar surface area (TPSA) is 61.3 Å². The maximum atomic E-state index is 6.49. The van der Waals surface area contributed by atoms with Gasteiger partial charge in [-0.25, -0.2) is 0 Å². The fourth-order valence-electron chi connectivity index (χ4n) is 2.82. The first-order chi connectivity index (χ1) is 11.5. The highest BCUT2D eigenvalue weighted by Crippen LogP contribution is 2.42. The standard InChI is InChI=1S/C21H22N2O/c1-13-8-4-5-9-16(13)17-12-14(2)15(3)21(20(17)23)24-19-11-7-6-10-18(19)22/h4-12H,22-23H2,1-3H3. The number of nitrogens with two attached hydrogens (primary N) is 2. The minimum Gasteiger partial charge on any atom is -0.453 e. The Kier molecular flexibility index (Phi) is 4.17. The van der Waals surface area contributed by atoms with Crippen molar-refractivity contribution in [1.29, 1.82) is 0 Å². The van der Waals surface area contributed by atoms with E-state index < -0.39 is 0 Å². The lowest BCUT2D eigenvalue weighted by atomic mass is 9.94. The van der Waals surface area contributed by atoms with Crippen LogP contribution >= 0.6 is 0 Å². The Morgan fingerprint density at radius 3 is 2.12 bits per heavy atom. The second kappa shape index (κ2) is 6.28. The summed E-state index contributed by atoms with van der Waals surface area (Å²) in [5.74, 6) is 1.29. The zero-order chi connectivity index (χ0) is 17.3. The molecular formula is C21H22N2O. The molecule has 0 atom stereocenters. The molecule has 0 heterocycles. The molecule has 0 spiro atoms. The van der Waals surface area contributed by atoms with E-state index in [2.05, 4.69) is 32.0 Å². The van der Waals surface area contributed by atoms with Gasteiger partial charge in [0.25, 0.3) is 0 Å². The van der Waals surface area contributed by atoms with Gasteiger partial charge in [0.15, 0.2) is 5.75 Å². The molecule has 0 unspecified atom stereocenters. The number of aryl methyl sites for hydroxylation is 2. The maximum absolute atomic E-state index is 6.49. The fourth-order valence-corrected chi connectivity index (χ4v) is 2.82. The summed E-state index contributed by atoms with van der Waals surface area (Å²) >= 11 is 0. The second-order valence-corrected chi connectivity index (χ2v) is 6.06. The smallest absolute Gasteiger partial charge is 0.154 e. The first-order valence-electron chi connectivity index (χ1n) is 7.97. The van der Waals surface area contributed by atoms with Crippen molar-refractivity contribution in [3.63, 3.8) is 0 Å². The first-order valence-corrected chi connectivity index (χ1v) is 7.97. The zero-order valence-electron chi connectivity index (χ0n) is 14.3. The van der Waals surface area contributed by atoms with Crippen LogP contribution in [0.1, 0.15) is 16.7 Å². The van der Waals surface area contributed by atoms with Crippen LogP contribution in [0.3, 0.4) is 0 Å². The summed E-state index contributed by atoms with van der Waals surface area (Å²) in [7, 11) is 0. The van der Waals surface area contributed by atoms with Crippen LogP contribution in [0.25, 0.3) is 11.1 Å². The molecule has 0 saturated carbocycles. The fraction of sp³-hybridized carbons (Fsp3) is 0.143. The average molecular weight is 318 g/mol. The van der Waals surface area contributed by atoms with Crippen LogP contribution in [-0.2, 0) is 0 Å². The first kappa shape index (κ1) is 15.9. The SMILES string of the molecule is Cc1ccccc1-c1cc(C)c(C)c(Oc2ccccc2N)c1N. The highest BCUT2D eigenvalue weighted by molar-refractivity contribution is 5.84. The Balaban J connectivity index is 2.17. The average Bonchev–Trinajstić information content (AvgIpc) is 2.57. The molecule has 0 amide bonds. The van der Waals surface area contributed by atoms with Gasteiger partial charge in [-0.2, -0.15) is 0 Å². The van der Waals surface area contributed by atoms with E-state index in [4.69, 9.17) is 16.2 Å². The molecule has 0 bridgehead atoms. The third-order valence-electron chi connectivity index (χ3n) is 4.39. The lowest BCUT2D eigenvalue weighted by Crippen LogP contribution is -2.01. The third kappa shape index (κ3) is 2.81. The van der Waals surface area contributed by atoms with Gasteiger partial charge in [-0.3, -0.25) is 0 Å². The molecule has 0 saturated heterocycles. The van der Waals surface area contributed by atoms with Gasteiger partial charge in [-0.1, -0.05) is 36.4 Å². The lowest BCUT2D eigenvalue weighted by molar-refractivity contribution is 0.483. The van der Waals surface area contributed by atoms with E-state index in [0.717, 1.165) is 22.3 Å². The van der Waals surface area contributed by atoms with Crippen molar-refractivity contribution in [2.75, 3.05) is 11.5 Å².